The highest BCUT2D eigenvalue weighted by Gasteiger charge is 2.14. The second kappa shape index (κ2) is 5.93. The van der Waals surface area contributed by atoms with Crippen molar-refractivity contribution in [2.45, 2.75) is 19.8 Å². The lowest BCUT2D eigenvalue weighted by atomic mass is 10.3. The highest BCUT2D eigenvalue weighted by molar-refractivity contribution is 5.75. The first kappa shape index (κ1) is 14.2. The largest absolute Gasteiger partial charge is 0.508 e. The van der Waals surface area contributed by atoms with E-state index in [9.17, 15) is 9.90 Å². The predicted molar refractivity (Wildman–Crippen MR) is 83.8 cm³/mol. The second-order valence-corrected chi connectivity index (χ2v) is 4.99. The zero-order valence-electron chi connectivity index (χ0n) is 12.2. The minimum atomic E-state index is -0.205. The molecule has 22 heavy (non-hydrogen) atoms. The van der Waals surface area contributed by atoms with Gasteiger partial charge in [0.15, 0.2) is 0 Å². The zero-order valence-corrected chi connectivity index (χ0v) is 12.2. The molecule has 0 bridgehead atoms. The summed E-state index contributed by atoms with van der Waals surface area (Å²) in [5.74, 6) is 0.140. The van der Waals surface area contributed by atoms with Crippen molar-refractivity contribution in [3.05, 3.63) is 46.9 Å². The van der Waals surface area contributed by atoms with Crippen molar-refractivity contribution in [2.24, 2.45) is 0 Å². The van der Waals surface area contributed by atoms with Gasteiger partial charge in [-0.15, -0.1) is 0 Å². The summed E-state index contributed by atoms with van der Waals surface area (Å²) in [5.41, 5.74) is 0.903. The van der Waals surface area contributed by atoms with Crippen LogP contribution in [0.1, 0.15) is 19.8 Å². The van der Waals surface area contributed by atoms with Crippen molar-refractivity contribution in [3.8, 4) is 17.4 Å². The van der Waals surface area contributed by atoms with Gasteiger partial charge < -0.3 is 14.8 Å². The third kappa shape index (κ3) is 2.55. The Morgan fingerprint density at radius 1 is 1.27 bits per heavy atom. The van der Waals surface area contributed by atoms with E-state index in [4.69, 9.17) is 4.74 Å². The van der Waals surface area contributed by atoms with Gasteiger partial charge in [-0.1, -0.05) is 13.3 Å². The molecular formula is C16H17N3O3. The molecule has 0 radical (unpaired) electrons. The lowest BCUT2D eigenvalue weighted by Crippen LogP contribution is -2.22. The SMILES string of the molecule is CCCCOc1nc2[nH]ccc2c(=O)n1-c1ccc(O)cc1. The Morgan fingerprint density at radius 2 is 2.05 bits per heavy atom. The molecule has 0 unspecified atom stereocenters. The van der Waals surface area contributed by atoms with Crippen molar-refractivity contribution in [1.29, 1.82) is 0 Å². The fourth-order valence-electron chi connectivity index (χ4n) is 2.21. The van der Waals surface area contributed by atoms with E-state index >= 15 is 0 Å². The first-order valence-electron chi connectivity index (χ1n) is 7.23. The van der Waals surface area contributed by atoms with Crippen LogP contribution in [0.25, 0.3) is 16.7 Å². The van der Waals surface area contributed by atoms with Crippen molar-refractivity contribution in [2.75, 3.05) is 6.61 Å². The summed E-state index contributed by atoms with van der Waals surface area (Å²) < 4.78 is 7.11. The average molecular weight is 299 g/mol. The van der Waals surface area contributed by atoms with Gasteiger partial charge in [-0.25, -0.2) is 4.57 Å². The van der Waals surface area contributed by atoms with Gasteiger partial charge >= 0.3 is 6.01 Å². The number of ether oxygens (including phenoxy) is 1. The molecule has 3 rings (SSSR count). The van der Waals surface area contributed by atoms with E-state index in [1.54, 1.807) is 24.4 Å². The molecule has 0 spiro atoms. The molecule has 0 saturated carbocycles. The Balaban J connectivity index is 2.15. The minimum Gasteiger partial charge on any atom is -0.508 e. The summed E-state index contributed by atoms with van der Waals surface area (Å²) >= 11 is 0. The highest BCUT2D eigenvalue weighted by atomic mass is 16.5. The quantitative estimate of drug-likeness (QED) is 0.710. The number of aromatic amines is 1. The van der Waals surface area contributed by atoms with E-state index in [0.717, 1.165) is 12.8 Å². The molecule has 2 N–H and O–H groups in total. The molecular weight excluding hydrogens is 282 g/mol. The number of phenols is 1. The molecule has 2 heterocycles. The molecule has 0 aliphatic heterocycles. The van der Waals surface area contributed by atoms with Crippen LogP contribution in [0.2, 0.25) is 0 Å². The van der Waals surface area contributed by atoms with Crippen LogP contribution >= 0.6 is 0 Å². The average Bonchev–Trinajstić information content (AvgIpc) is 2.98. The van der Waals surface area contributed by atoms with E-state index in [0.29, 0.717) is 23.3 Å². The van der Waals surface area contributed by atoms with Gasteiger partial charge in [-0.2, -0.15) is 4.98 Å². The maximum atomic E-state index is 12.7. The molecule has 1 aromatic carbocycles. The van der Waals surface area contributed by atoms with E-state index in [1.807, 2.05) is 0 Å². The van der Waals surface area contributed by atoms with Gasteiger partial charge in [-0.3, -0.25) is 4.79 Å². The Labute approximate surface area is 127 Å². The summed E-state index contributed by atoms with van der Waals surface area (Å²) in [6.45, 7) is 2.56. The van der Waals surface area contributed by atoms with Crippen molar-refractivity contribution < 1.29 is 9.84 Å². The van der Waals surface area contributed by atoms with Crippen LogP contribution in [-0.2, 0) is 0 Å². The number of rotatable bonds is 5. The first-order chi connectivity index (χ1) is 10.7. The van der Waals surface area contributed by atoms with Gasteiger partial charge in [0.2, 0.25) is 0 Å². The Kier molecular flexibility index (Phi) is 3.82. The topological polar surface area (TPSA) is 80.1 Å². The number of benzene rings is 1. The van der Waals surface area contributed by atoms with Crippen LogP contribution in [0.5, 0.6) is 11.8 Å². The summed E-state index contributed by atoms with van der Waals surface area (Å²) in [7, 11) is 0. The zero-order chi connectivity index (χ0) is 15.5. The van der Waals surface area contributed by atoms with Crippen molar-refractivity contribution >= 4 is 11.0 Å². The summed E-state index contributed by atoms with van der Waals surface area (Å²) in [6.07, 6.45) is 3.55. The minimum absolute atomic E-state index is 0.140. The van der Waals surface area contributed by atoms with Crippen LogP contribution in [0.15, 0.2) is 41.3 Å². The molecule has 2 aromatic heterocycles. The van der Waals surface area contributed by atoms with Gasteiger partial charge in [0.25, 0.3) is 5.56 Å². The second-order valence-electron chi connectivity index (χ2n) is 4.99. The third-order valence-electron chi connectivity index (χ3n) is 3.39. The van der Waals surface area contributed by atoms with Gasteiger partial charge in [0, 0.05) is 6.20 Å². The first-order valence-corrected chi connectivity index (χ1v) is 7.23. The number of nitrogens with one attached hydrogen (secondary N) is 1. The Morgan fingerprint density at radius 3 is 2.77 bits per heavy atom. The van der Waals surface area contributed by atoms with Crippen LogP contribution in [0, 0.1) is 0 Å². The van der Waals surface area contributed by atoms with Gasteiger partial charge in [0.1, 0.15) is 11.4 Å². The van der Waals surface area contributed by atoms with E-state index in [1.165, 1.54) is 16.7 Å². The number of hydrogen-bond donors (Lipinski definition) is 2. The van der Waals surface area contributed by atoms with Gasteiger partial charge in [0.05, 0.1) is 17.7 Å². The molecule has 0 fully saturated rings. The van der Waals surface area contributed by atoms with Crippen LogP contribution in [-0.4, -0.2) is 26.2 Å². The standard InChI is InChI=1S/C16H17N3O3/c1-2-3-10-22-16-18-14-13(8-9-17-14)15(21)19(16)11-4-6-12(20)7-5-11/h4-9,17,20H,2-3,10H2,1H3. The molecule has 114 valence electrons. The highest BCUT2D eigenvalue weighted by Crippen LogP contribution is 2.19. The normalized spacial score (nSPS) is 11.0. The number of hydrogen-bond acceptors (Lipinski definition) is 4. The number of nitrogens with zero attached hydrogens (tertiary/aromatic N) is 2. The Hall–Kier alpha value is -2.76. The number of fused-ring (bicyclic) bond motifs is 1. The maximum Gasteiger partial charge on any atom is 0.305 e. The van der Waals surface area contributed by atoms with Crippen molar-refractivity contribution in [1.82, 2.24) is 14.5 Å². The molecule has 6 nitrogen and oxygen atoms in total. The molecule has 0 saturated heterocycles. The summed E-state index contributed by atoms with van der Waals surface area (Å²) in [4.78, 5) is 20.0. The van der Waals surface area contributed by atoms with Crippen LogP contribution in [0.3, 0.4) is 0 Å². The summed E-state index contributed by atoms with van der Waals surface area (Å²) in [6, 6.07) is 8.31. The predicted octanol–water partition coefficient (Wildman–Crippen LogP) is 2.60. The Bertz CT molecular complexity index is 834. The van der Waals surface area contributed by atoms with Crippen LogP contribution in [0.4, 0.5) is 0 Å². The maximum absolute atomic E-state index is 12.7. The molecule has 0 aliphatic rings. The number of unbranched alkanes of at least 4 members (excludes halogenated alkanes) is 1. The summed E-state index contributed by atoms with van der Waals surface area (Å²) in [5, 5.41) is 9.91. The molecule has 3 aromatic rings. The van der Waals surface area contributed by atoms with E-state index < -0.39 is 0 Å². The van der Waals surface area contributed by atoms with Gasteiger partial charge in [-0.05, 0) is 36.8 Å². The molecule has 6 heteroatoms. The van der Waals surface area contributed by atoms with E-state index in [2.05, 4.69) is 16.9 Å². The lowest BCUT2D eigenvalue weighted by molar-refractivity contribution is 0.278. The number of aromatic nitrogens is 3. The molecule has 0 amide bonds. The molecule has 0 atom stereocenters. The third-order valence-corrected chi connectivity index (χ3v) is 3.39. The smallest absolute Gasteiger partial charge is 0.305 e. The van der Waals surface area contributed by atoms with Crippen LogP contribution < -0.4 is 10.3 Å². The number of phenolic OH excluding ortho intramolecular Hbond substituents is 1. The molecule has 0 aliphatic carbocycles. The fraction of sp³-hybridized carbons (Fsp3) is 0.250. The van der Waals surface area contributed by atoms with Crippen molar-refractivity contribution in [3.63, 3.8) is 0 Å². The number of aromatic hydroxyl groups is 1. The monoisotopic (exact) mass is 299 g/mol. The lowest BCUT2D eigenvalue weighted by Gasteiger charge is -2.13. The van der Waals surface area contributed by atoms with E-state index in [-0.39, 0.29) is 17.3 Å². The number of H-pyrrole nitrogens is 1. The fourth-order valence-corrected chi connectivity index (χ4v) is 2.21.